The van der Waals surface area contributed by atoms with E-state index in [1.807, 2.05) is 30.3 Å². The molecule has 0 heterocycles. The Kier molecular flexibility index (Phi) is 5.46. The van der Waals surface area contributed by atoms with Crippen molar-refractivity contribution >= 4 is 9.84 Å². The third kappa shape index (κ3) is 5.71. The van der Waals surface area contributed by atoms with E-state index in [2.05, 4.69) is 0 Å². The zero-order chi connectivity index (χ0) is 16.9. The summed E-state index contributed by atoms with van der Waals surface area (Å²) in [5.41, 5.74) is 0.385. The van der Waals surface area contributed by atoms with Crippen LogP contribution in [0.15, 0.2) is 54.6 Å². The van der Waals surface area contributed by atoms with Gasteiger partial charge in [-0.25, -0.2) is 8.42 Å². The fourth-order valence-corrected chi connectivity index (χ4v) is 3.72. The van der Waals surface area contributed by atoms with Crippen LogP contribution >= 0.6 is 0 Å². The number of alkyl halides is 3. The van der Waals surface area contributed by atoms with Gasteiger partial charge in [0.2, 0.25) is 0 Å². The second-order valence-corrected chi connectivity index (χ2v) is 7.56. The van der Waals surface area contributed by atoms with Crippen LogP contribution in [0.2, 0.25) is 0 Å². The molecule has 6 heteroatoms. The first-order chi connectivity index (χ1) is 10.8. The standard InChI is InChI=1S/C17H17F3O2S/c18-17(19,20)16-10-4-8-15(12-16)13-23(21,22)11-5-9-14-6-2-1-3-7-14/h1-4,6-8,10,12H,5,9,11,13H2. The molecule has 0 aromatic heterocycles. The van der Waals surface area contributed by atoms with Crippen molar-refractivity contribution in [2.45, 2.75) is 24.8 Å². The van der Waals surface area contributed by atoms with Gasteiger partial charge in [-0.1, -0.05) is 48.5 Å². The van der Waals surface area contributed by atoms with Crippen molar-refractivity contribution < 1.29 is 21.6 Å². The van der Waals surface area contributed by atoms with Gasteiger partial charge in [0, 0.05) is 0 Å². The van der Waals surface area contributed by atoms with Gasteiger partial charge in [-0.05, 0) is 30.0 Å². The summed E-state index contributed by atoms with van der Waals surface area (Å²) in [4.78, 5) is 0. The Morgan fingerprint density at radius 1 is 0.870 bits per heavy atom. The van der Waals surface area contributed by atoms with Gasteiger partial charge >= 0.3 is 6.18 Å². The second kappa shape index (κ2) is 7.17. The molecule has 0 fully saturated rings. The molecule has 0 saturated carbocycles. The molecule has 23 heavy (non-hydrogen) atoms. The number of hydrogen-bond donors (Lipinski definition) is 0. The molecule has 2 aromatic rings. The highest BCUT2D eigenvalue weighted by atomic mass is 32.2. The fraction of sp³-hybridized carbons (Fsp3) is 0.294. The van der Waals surface area contributed by atoms with Crippen molar-refractivity contribution in [3.63, 3.8) is 0 Å². The number of halogens is 3. The minimum atomic E-state index is -4.47. The summed E-state index contributed by atoms with van der Waals surface area (Å²) in [5, 5.41) is 0. The highest BCUT2D eigenvalue weighted by molar-refractivity contribution is 7.90. The van der Waals surface area contributed by atoms with E-state index in [0.717, 1.165) is 17.7 Å². The number of benzene rings is 2. The molecule has 0 spiro atoms. The van der Waals surface area contributed by atoms with Gasteiger partial charge < -0.3 is 0 Å². The largest absolute Gasteiger partial charge is 0.416 e. The summed E-state index contributed by atoms with van der Waals surface area (Å²) in [6.45, 7) is 0. The van der Waals surface area contributed by atoms with E-state index in [-0.39, 0.29) is 17.1 Å². The molecule has 2 aromatic carbocycles. The maximum atomic E-state index is 12.6. The molecule has 0 saturated heterocycles. The van der Waals surface area contributed by atoms with Crippen LogP contribution in [0.4, 0.5) is 13.2 Å². The number of aryl methyl sites for hydroxylation is 1. The molecule has 0 amide bonds. The predicted molar refractivity (Wildman–Crippen MR) is 83.7 cm³/mol. The third-order valence-corrected chi connectivity index (χ3v) is 5.09. The lowest BCUT2D eigenvalue weighted by molar-refractivity contribution is -0.137. The third-order valence-electron chi connectivity index (χ3n) is 3.40. The maximum Gasteiger partial charge on any atom is 0.416 e. The van der Waals surface area contributed by atoms with E-state index >= 15 is 0 Å². The van der Waals surface area contributed by atoms with Gasteiger partial charge in [-0.2, -0.15) is 13.2 Å². The molecular weight excluding hydrogens is 325 g/mol. The van der Waals surface area contributed by atoms with Gasteiger partial charge in [0.15, 0.2) is 9.84 Å². The van der Waals surface area contributed by atoms with E-state index in [9.17, 15) is 21.6 Å². The first kappa shape index (κ1) is 17.5. The van der Waals surface area contributed by atoms with E-state index in [0.29, 0.717) is 12.8 Å². The average molecular weight is 342 g/mol. The summed E-state index contributed by atoms with van der Waals surface area (Å²) < 4.78 is 62.1. The zero-order valence-electron chi connectivity index (χ0n) is 12.4. The average Bonchev–Trinajstić information content (AvgIpc) is 2.47. The van der Waals surface area contributed by atoms with E-state index in [1.54, 1.807) is 0 Å². The maximum absolute atomic E-state index is 12.6. The summed E-state index contributed by atoms with van der Waals surface area (Å²) in [6.07, 6.45) is -3.39. The van der Waals surface area contributed by atoms with Crippen LogP contribution in [-0.4, -0.2) is 14.2 Å². The lowest BCUT2D eigenvalue weighted by Gasteiger charge is -2.09. The highest BCUT2D eigenvalue weighted by Gasteiger charge is 2.30. The molecular formula is C17H17F3O2S. The van der Waals surface area contributed by atoms with Crippen molar-refractivity contribution in [1.29, 1.82) is 0 Å². The molecule has 0 bridgehead atoms. The smallest absolute Gasteiger partial charge is 0.228 e. The predicted octanol–water partition coefficient (Wildman–Crippen LogP) is 4.25. The lowest BCUT2D eigenvalue weighted by atomic mass is 10.1. The Labute approximate surface area is 133 Å². The van der Waals surface area contributed by atoms with Crippen molar-refractivity contribution in [2.75, 3.05) is 5.75 Å². The van der Waals surface area contributed by atoms with Crippen LogP contribution in [0.5, 0.6) is 0 Å². The quantitative estimate of drug-likeness (QED) is 0.786. The fourth-order valence-electron chi connectivity index (χ4n) is 2.30. The van der Waals surface area contributed by atoms with Gasteiger partial charge in [0.05, 0.1) is 17.1 Å². The summed E-state index contributed by atoms with van der Waals surface area (Å²) in [5.74, 6) is -0.413. The van der Waals surface area contributed by atoms with Crippen LogP contribution in [0.3, 0.4) is 0 Å². The molecule has 124 valence electrons. The number of sulfone groups is 1. The van der Waals surface area contributed by atoms with Crippen LogP contribution in [-0.2, 0) is 28.2 Å². The first-order valence-corrected chi connectivity index (χ1v) is 8.99. The zero-order valence-corrected chi connectivity index (χ0v) is 13.2. The van der Waals surface area contributed by atoms with Crippen molar-refractivity contribution in [3.05, 3.63) is 71.3 Å². The van der Waals surface area contributed by atoms with Crippen LogP contribution in [0.25, 0.3) is 0 Å². The van der Waals surface area contributed by atoms with Gasteiger partial charge in [0.1, 0.15) is 0 Å². The lowest BCUT2D eigenvalue weighted by Crippen LogP contribution is -2.11. The highest BCUT2D eigenvalue weighted by Crippen LogP contribution is 2.29. The molecule has 2 rings (SSSR count). The molecule has 2 nitrogen and oxygen atoms in total. The van der Waals surface area contributed by atoms with Crippen molar-refractivity contribution in [1.82, 2.24) is 0 Å². The first-order valence-electron chi connectivity index (χ1n) is 7.17. The molecule has 0 N–H and O–H groups in total. The minimum absolute atomic E-state index is 0.0435. The van der Waals surface area contributed by atoms with Crippen molar-refractivity contribution in [2.24, 2.45) is 0 Å². The normalized spacial score (nSPS) is 12.3. The molecule has 0 aliphatic rings. The monoisotopic (exact) mass is 342 g/mol. The molecule has 0 aliphatic carbocycles. The van der Waals surface area contributed by atoms with E-state index in [1.165, 1.54) is 12.1 Å². The van der Waals surface area contributed by atoms with Gasteiger partial charge in [-0.3, -0.25) is 0 Å². The van der Waals surface area contributed by atoms with Gasteiger partial charge in [-0.15, -0.1) is 0 Å². The topological polar surface area (TPSA) is 34.1 Å². The van der Waals surface area contributed by atoms with Gasteiger partial charge in [0.25, 0.3) is 0 Å². The Hall–Kier alpha value is -1.82. The summed E-state index contributed by atoms with van der Waals surface area (Å²) in [6, 6.07) is 14.0. The Morgan fingerprint density at radius 2 is 1.52 bits per heavy atom. The summed E-state index contributed by atoms with van der Waals surface area (Å²) >= 11 is 0. The van der Waals surface area contributed by atoms with E-state index in [4.69, 9.17) is 0 Å². The van der Waals surface area contributed by atoms with Crippen LogP contribution in [0, 0.1) is 0 Å². The molecule has 0 unspecified atom stereocenters. The SMILES string of the molecule is O=S(=O)(CCCc1ccccc1)Cc1cccc(C(F)(F)F)c1. The number of rotatable bonds is 6. The second-order valence-electron chi connectivity index (χ2n) is 5.38. The Morgan fingerprint density at radius 3 is 2.17 bits per heavy atom. The van der Waals surface area contributed by atoms with E-state index < -0.39 is 21.6 Å². The van der Waals surface area contributed by atoms with Crippen LogP contribution in [0.1, 0.15) is 23.1 Å². The summed E-state index contributed by atoms with van der Waals surface area (Å²) in [7, 11) is -3.43. The minimum Gasteiger partial charge on any atom is -0.228 e. The van der Waals surface area contributed by atoms with Crippen molar-refractivity contribution in [3.8, 4) is 0 Å². The Balaban J connectivity index is 1.96. The molecule has 0 atom stereocenters. The Bertz CT molecular complexity index is 738. The molecule has 0 aliphatic heterocycles. The van der Waals surface area contributed by atoms with Crippen LogP contribution < -0.4 is 0 Å². The molecule has 0 radical (unpaired) electrons. The number of hydrogen-bond acceptors (Lipinski definition) is 2.